The predicted octanol–water partition coefficient (Wildman–Crippen LogP) is 2.00. The van der Waals surface area contributed by atoms with Crippen molar-refractivity contribution < 1.29 is 14.2 Å². The van der Waals surface area contributed by atoms with E-state index in [-0.39, 0.29) is 23.5 Å². The van der Waals surface area contributed by atoms with Crippen LogP contribution < -0.4 is 15.7 Å². The van der Waals surface area contributed by atoms with E-state index in [4.69, 9.17) is 4.74 Å². The molecular formula is C22H23FN6O3. The van der Waals surface area contributed by atoms with Crippen molar-refractivity contribution in [2.24, 2.45) is 7.05 Å². The van der Waals surface area contributed by atoms with Crippen molar-refractivity contribution in [3.05, 3.63) is 47.1 Å². The number of rotatable bonds is 4. The van der Waals surface area contributed by atoms with E-state index >= 15 is 0 Å². The van der Waals surface area contributed by atoms with Crippen molar-refractivity contribution in [1.29, 1.82) is 0 Å². The summed E-state index contributed by atoms with van der Waals surface area (Å²) < 4.78 is 22.0. The largest absolute Gasteiger partial charge is 0.507 e. The number of phenols is 1. The molecule has 2 aliphatic heterocycles. The fourth-order valence-electron chi connectivity index (χ4n) is 4.49. The Morgan fingerprint density at radius 1 is 1.28 bits per heavy atom. The zero-order chi connectivity index (χ0) is 22.5. The third-order valence-electron chi connectivity index (χ3n) is 6.30. The number of phenolic OH excluding ortho intramolecular Hbond substituents is 1. The highest BCUT2D eigenvalue weighted by Crippen LogP contribution is 2.39. The van der Waals surface area contributed by atoms with Crippen LogP contribution in [-0.2, 0) is 7.05 Å². The van der Waals surface area contributed by atoms with Crippen LogP contribution in [0.4, 0.5) is 4.39 Å². The Morgan fingerprint density at radius 3 is 2.84 bits per heavy atom. The summed E-state index contributed by atoms with van der Waals surface area (Å²) in [5.74, 6) is 0.410. The van der Waals surface area contributed by atoms with Crippen molar-refractivity contribution in [3.63, 3.8) is 0 Å². The van der Waals surface area contributed by atoms with Crippen LogP contribution in [0.2, 0.25) is 0 Å². The molecule has 0 saturated carbocycles. The quantitative estimate of drug-likeness (QED) is 0.636. The topological polar surface area (TPSA) is 115 Å². The SMILES string of the molecule is Cn1cnc(-c2ccc(-c3ccc(O[C@H]4C[C@@H]5CC[C@@](C)(N5)[C@H]4F)nn3)c(O)c2)nc1=O. The van der Waals surface area contributed by atoms with Gasteiger partial charge >= 0.3 is 5.69 Å². The molecular weight excluding hydrogens is 415 g/mol. The molecule has 2 aliphatic rings. The minimum Gasteiger partial charge on any atom is -0.507 e. The third kappa shape index (κ3) is 3.60. The standard InChI is InChI=1S/C22H23FN6O3/c1-22-8-7-13(26-22)10-17(19(22)23)32-18-6-5-15(27-28-18)14-4-3-12(9-16(14)30)20-24-11-29(2)21(31)25-20/h3-6,9,11,13,17,19,26,30H,7-8,10H2,1-2H3/t13-,17-,19-,22+/m0/s1. The molecule has 32 heavy (non-hydrogen) atoms. The molecule has 166 valence electrons. The average molecular weight is 438 g/mol. The zero-order valence-electron chi connectivity index (χ0n) is 17.7. The maximum Gasteiger partial charge on any atom is 0.350 e. The highest BCUT2D eigenvalue weighted by Gasteiger charge is 2.51. The number of benzene rings is 1. The predicted molar refractivity (Wildman–Crippen MR) is 114 cm³/mol. The summed E-state index contributed by atoms with van der Waals surface area (Å²) in [5.41, 5.74) is 0.389. The number of alkyl halides is 1. The van der Waals surface area contributed by atoms with Gasteiger partial charge in [-0.1, -0.05) is 6.07 Å². The lowest BCUT2D eigenvalue weighted by Gasteiger charge is -2.39. The van der Waals surface area contributed by atoms with Crippen molar-refractivity contribution >= 4 is 0 Å². The van der Waals surface area contributed by atoms with Gasteiger partial charge in [-0.3, -0.25) is 4.57 Å². The van der Waals surface area contributed by atoms with Crippen LogP contribution in [-0.4, -0.2) is 53.7 Å². The first-order chi connectivity index (χ1) is 15.3. The first-order valence-corrected chi connectivity index (χ1v) is 10.5. The summed E-state index contributed by atoms with van der Waals surface area (Å²) in [7, 11) is 1.56. The summed E-state index contributed by atoms with van der Waals surface area (Å²) >= 11 is 0. The Bertz CT molecular complexity index is 1220. The van der Waals surface area contributed by atoms with Crippen LogP contribution in [0.1, 0.15) is 26.2 Å². The van der Waals surface area contributed by atoms with E-state index in [1.54, 1.807) is 31.3 Å². The number of ether oxygens (including phenoxy) is 1. The molecule has 0 aliphatic carbocycles. The summed E-state index contributed by atoms with van der Waals surface area (Å²) in [6.45, 7) is 1.90. The lowest BCUT2D eigenvalue weighted by atomic mass is 9.88. The fourth-order valence-corrected chi connectivity index (χ4v) is 4.49. The molecule has 4 atom stereocenters. The lowest BCUT2D eigenvalue weighted by molar-refractivity contribution is 0.00813. The molecule has 0 unspecified atom stereocenters. The highest BCUT2D eigenvalue weighted by molar-refractivity contribution is 5.71. The van der Waals surface area contributed by atoms with Crippen molar-refractivity contribution in [1.82, 2.24) is 30.0 Å². The van der Waals surface area contributed by atoms with Crippen LogP contribution in [0, 0.1) is 0 Å². The second-order valence-corrected chi connectivity index (χ2v) is 8.65. The molecule has 2 N–H and O–H groups in total. The molecule has 2 fully saturated rings. The molecule has 2 aromatic heterocycles. The molecule has 3 aromatic rings. The Labute approximate surface area is 183 Å². The Hall–Kier alpha value is -3.40. The second kappa shape index (κ2) is 7.63. The van der Waals surface area contributed by atoms with Gasteiger partial charge in [-0.15, -0.1) is 10.2 Å². The Balaban J connectivity index is 1.34. The van der Waals surface area contributed by atoms with Gasteiger partial charge in [-0.25, -0.2) is 14.2 Å². The lowest BCUT2D eigenvalue weighted by Crippen LogP contribution is -2.59. The molecule has 1 aromatic carbocycles. The van der Waals surface area contributed by atoms with Crippen molar-refractivity contribution in [2.45, 2.75) is 50.0 Å². The molecule has 0 radical (unpaired) electrons. The van der Waals surface area contributed by atoms with Gasteiger partial charge in [0.25, 0.3) is 0 Å². The van der Waals surface area contributed by atoms with Crippen LogP contribution in [0.25, 0.3) is 22.6 Å². The van der Waals surface area contributed by atoms with Gasteiger partial charge in [0.1, 0.15) is 18.2 Å². The molecule has 9 nitrogen and oxygen atoms in total. The van der Waals surface area contributed by atoms with E-state index in [0.717, 1.165) is 12.8 Å². The van der Waals surface area contributed by atoms with Crippen molar-refractivity contribution in [3.8, 4) is 34.3 Å². The number of aromatic hydroxyl groups is 1. The van der Waals surface area contributed by atoms with Gasteiger partial charge in [-0.05, 0) is 38.0 Å². The maximum absolute atomic E-state index is 14.9. The number of aromatic nitrogens is 5. The zero-order valence-corrected chi connectivity index (χ0v) is 17.7. The number of piperidine rings is 1. The van der Waals surface area contributed by atoms with Gasteiger partial charge < -0.3 is 15.2 Å². The summed E-state index contributed by atoms with van der Waals surface area (Å²) in [5, 5.41) is 22.1. The smallest absolute Gasteiger partial charge is 0.350 e. The highest BCUT2D eigenvalue weighted by atomic mass is 19.1. The molecule has 5 rings (SSSR count). The Morgan fingerprint density at radius 2 is 2.12 bits per heavy atom. The van der Waals surface area contributed by atoms with E-state index in [1.165, 1.54) is 17.0 Å². The molecule has 4 heterocycles. The molecule has 2 saturated heterocycles. The van der Waals surface area contributed by atoms with Gasteiger partial charge in [0.05, 0.1) is 11.2 Å². The number of halogens is 1. The number of nitrogens with zero attached hydrogens (tertiary/aromatic N) is 5. The number of nitrogens with one attached hydrogen (secondary N) is 1. The average Bonchev–Trinajstić information content (AvgIpc) is 3.12. The minimum atomic E-state index is -1.13. The van der Waals surface area contributed by atoms with E-state index in [2.05, 4.69) is 25.5 Å². The van der Waals surface area contributed by atoms with Crippen LogP contribution in [0.3, 0.4) is 0 Å². The number of fused-ring (bicyclic) bond motifs is 2. The van der Waals surface area contributed by atoms with E-state index in [9.17, 15) is 14.3 Å². The summed E-state index contributed by atoms with van der Waals surface area (Å²) in [6.07, 6.45) is 2.00. The number of hydrogen-bond acceptors (Lipinski definition) is 8. The molecule has 2 bridgehead atoms. The first-order valence-electron chi connectivity index (χ1n) is 10.5. The van der Waals surface area contributed by atoms with E-state index in [0.29, 0.717) is 23.2 Å². The summed E-state index contributed by atoms with van der Waals surface area (Å²) in [4.78, 5) is 19.7. The van der Waals surface area contributed by atoms with Crippen molar-refractivity contribution in [2.75, 3.05) is 0 Å². The third-order valence-corrected chi connectivity index (χ3v) is 6.30. The maximum atomic E-state index is 14.9. The van der Waals surface area contributed by atoms with Crippen LogP contribution in [0.5, 0.6) is 11.6 Å². The van der Waals surface area contributed by atoms with Gasteiger partial charge in [0, 0.05) is 36.7 Å². The van der Waals surface area contributed by atoms with Gasteiger partial charge in [0.15, 0.2) is 12.0 Å². The minimum absolute atomic E-state index is 0.0542. The monoisotopic (exact) mass is 438 g/mol. The van der Waals surface area contributed by atoms with E-state index in [1.807, 2.05) is 6.92 Å². The number of aryl methyl sites for hydroxylation is 1. The molecule has 10 heteroatoms. The second-order valence-electron chi connectivity index (χ2n) is 8.65. The van der Waals surface area contributed by atoms with Crippen LogP contribution >= 0.6 is 0 Å². The normalized spacial score (nSPS) is 26.8. The van der Waals surface area contributed by atoms with Gasteiger partial charge in [-0.2, -0.15) is 4.98 Å². The summed E-state index contributed by atoms with van der Waals surface area (Å²) in [6, 6.07) is 8.35. The Kier molecular flexibility index (Phi) is 4.89. The molecule has 0 amide bonds. The van der Waals surface area contributed by atoms with Crippen LogP contribution in [0.15, 0.2) is 41.5 Å². The van der Waals surface area contributed by atoms with Gasteiger partial charge in [0.2, 0.25) is 5.88 Å². The molecule has 0 spiro atoms. The van der Waals surface area contributed by atoms with E-state index < -0.39 is 23.5 Å². The number of hydrogen-bond donors (Lipinski definition) is 2. The first kappa shape index (κ1) is 20.5. The fraction of sp³-hybridized carbons (Fsp3) is 0.409.